The topological polar surface area (TPSA) is 70.4 Å². The van der Waals surface area contributed by atoms with Gasteiger partial charge >= 0.3 is 0 Å². The van der Waals surface area contributed by atoms with Crippen LogP contribution in [0.1, 0.15) is 18.0 Å². The number of nitrogens with zero attached hydrogens (tertiary/aromatic N) is 3. The SMILES string of the molecule is CN(C)CC[C@H](Nc1cc(=O)n(O)c2ncccc12)c1ccccc1. The molecule has 0 spiro atoms. The number of hydrogen-bond acceptors (Lipinski definition) is 5. The monoisotopic (exact) mass is 338 g/mol. The lowest BCUT2D eigenvalue weighted by molar-refractivity contribution is 0.187. The molecule has 6 heteroatoms. The van der Waals surface area contributed by atoms with E-state index >= 15 is 0 Å². The summed E-state index contributed by atoms with van der Waals surface area (Å²) in [5.74, 6) is 0. The molecule has 130 valence electrons. The molecule has 0 aliphatic carbocycles. The van der Waals surface area contributed by atoms with Gasteiger partial charge in [0.2, 0.25) is 0 Å². The van der Waals surface area contributed by atoms with E-state index in [2.05, 4.69) is 27.3 Å². The van der Waals surface area contributed by atoms with Gasteiger partial charge in [0, 0.05) is 17.6 Å². The molecule has 3 rings (SSSR count). The molecule has 0 amide bonds. The number of fused-ring (bicyclic) bond motifs is 1. The third-order valence-electron chi connectivity index (χ3n) is 4.15. The van der Waals surface area contributed by atoms with Gasteiger partial charge in [-0.25, -0.2) is 4.98 Å². The van der Waals surface area contributed by atoms with Gasteiger partial charge < -0.3 is 15.4 Å². The van der Waals surface area contributed by atoms with Crippen LogP contribution in [0, 0.1) is 0 Å². The zero-order valence-corrected chi connectivity index (χ0v) is 14.4. The molecular weight excluding hydrogens is 316 g/mol. The first-order chi connectivity index (χ1) is 12.1. The van der Waals surface area contributed by atoms with Crippen molar-refractivity contribution in [2.24, 2.45) is 0 Å². The normalized spacial score (nSPS) is 12.4. The van der Waals surface area contributed by atoms with E-state index in [9.17, 15) is 10.0 Å². The highest BCUT2D eigenvalue weighted by Gasteiger charge is 2.15. The number of pyridine rings is 2. The van der Waals surface area contributed by atoms with Gasteiger partial charge in [-0.15, -0.1) is 4.73 Å². The number of hydrogen-bond donors (Lipinski definition) is 2. The molecule has 2 aromatic heterocycles. The Hall–Kier alpha value is -2.86. The number of benzene rings is 1. The Kier molecular flexibility index (Phi) is 5.00. The first-order valence-corrected chi connectivity index (χ1v) is 8.22. The number of rotatable bonds is 6. The van der Waals surface area contributed by atoms with Gasteiger partial charge in [0.05, 0.1) is 11.7 Å². The average molecular weight is 338 g/mol. The van der Waals surface area contributed by atoms with Crippen molar-refractivity contribution in [3.05, 3.63) is 70.6 Å². The molecule has 0 aliphatic rings. The summed E-state index contributed by atoms with van der Waals surface area (Å²) in [5.41, 5.74) is 1.56. The zero-order valence-electron chi connectivity index (χ0n) is 14.4. The molecule has 0 radical (unpaired) electrons. The van der Waals surface area contributed by atoms with E-state index in [4.69, 9.17) is 0 Å². The predicted octanol–water partition coefficient (Wildman–Crippen LogP) is 2.74. The minimum absolute atomic E-state index is 0.0425. The fourth-order valence-corrected chi connectivity index (χ4v) is 2.84. The van der Waals surface area contributed by atoms with Crippen LogP contribution in [0.5, 0.6) is 0 Å². The summed E-state index contributed by atoms with van der Waals surface area (Å²) in [6, 6.07) is 15.2. The van der Waals surface area contributed by atoms with Crippen LogP contribution in [0.15, 0.2) is 59.5 Å². The molecule has 0 saturated heterocycles. The zero-order chi connectivity index (χ0) is 17.8. The molecule has 2 N–H and O–H groups in total. The maximum absolute atomic E-state index is 12.1. The van der Waals surface area contributed by atoms with Crippen LogP contribution < -0.4 is 10.9 Å². The number of nitrogens with one attached hydrogen (secondary N) is 1. The Morgan fingerprint density at radius 2 is 1.96 bits per heavy atom. The third kappa shape index (κ3) is 3.80. The standard InChI is InChI=1S/C19H22N4O2/c1-22(2)12-10-16(14-7-4-3-5-8-14)21-17-13-18(24)23(25)19-15(17)9-6-11-20-19/h3-9,11,13,16,21,25H,10,12H2,1-2H3/t16-/m0/s1. The number of anilines is 1. The van der Waals surface area contributed by atoms with Gasteiger partial charge in [0.1, 0.15) is 0 Å². The van der Waals surface area contributed by atoms with Crippen LogP contribution in [0.4, 0.5) is 5.69 Å². The van der Waals surface area contributed by atoms with Gasteiger partial charge in [0.15, 0.2) is 5.65 Å². The molecule has 25 heavy (non-hydrogen) atoms. The Morgan fingerprint density at radius 3 is 2.68 bits per heavy atom. The van der Waals surface area contributed by atoms with Crippen LogP contribution in [-0.4, -0.2) is 40.5 Å². The first kappa shape index (κ1) is 17.0. The maximum Gasteiger partial charge on any atom is 0.286 e. The van der Waals surface area contributed by atoms with Gasteiger partial charge in [-0.1, -0.05) is 30.3 Å². The lowest BCUT2D eigenvalue weighted by Gasteiger charge is -2.23. The molecule has 0 fully saturated rings. The second kappa shape index (κ2) is 7.36. The molecule has 2 heterocycles. The van der Waals surface area contributed by atoms with Gasteiger partial charge in [-0.3, -0.25) is 4.79 Å². The molecule has 0 bridgehead atoms. The summed E-state index contributed by atoms with van der Waals surface area (Å²) in [6.07, 6.45) is 2.43. The smallest absolute Gasteiger partial charge is 0.286 e. The van der Waals surface area contributed by atoms with E-state index in [-0.39, 0.29) is 11.7 Å². The highest BCUT2D eigenvalue weighted by molar-refractivity contribution is 5.88. The summed E-state index contributed by atoms with van der Waals surface area (Å²) in [6.45, 7) is 0.903. The van der Waals surface area contributed by atoms with Crippen LogP contribution in [0.25, 0.3) is 11.0 Å². The lowest BCUT2D eigenvalue weighted by Crippen LogP contribution is -2.23. The summed E-state index contributed by atoms with van der Waals surface area (Å²) in [7, 11) is 4.07. The lowest BCUT2D eigenvalue weighted by atomic mass is 10.0. The Bertz CT molecular complexity index is 906. The van der Waals surface area contributed by atoms with Crippen molar-refractivity contribution in [1.29, 1.82) is 0 Å². The van der Waals surface area contributed by atoms with Crippen molar-refractivity contribution in [3.63, 3.8) is 0 Å². The van der Waals surface area contributed by atoms with Gasteiger partial charge in [0.25, 0.3) is 5.56 Å². The molecular formula is C19H22N4O2. The summed E-state index contributed by atoms with van der Waals surface area (Å²) >= 11 is 0. The molecule has 0 aliphatic heterocycles. The molecule has 0 unspecified atom stereocenters. The Morgan fingerprint density at radius 1 is 1.20 bits per heavy atom. The fraction of sp³-hybridized carbons (Fsp3) is 0.263. The van der Waals surface area contributed by atoms with Crippen LogP contribution >= 0.6 is 0 Å². The summed E-state index contributed by atoms with van der Waals surface area (Å²) in [4.78, 5) is 18.3. The molecule has 3 aromatic rings. The third-order valence-corrected chi connectivity index (χ3v) is 4.15. The molecule has 1 atom stereocenters. The summed E-state index contributed by atoms with van der Waals surface area (Å²) < 4.78 is 0.581. The van der Waals surface area contributed by atoms with Crippen LogP contribution in [-0.2, 0) is 0 Å². The van der Waals surface area contributed by atoms with E-state index in [1.807, 2.05) is 38.4 Å². The minimum Gasteiger partial charge on any atom is -0.423 e. The van der Waals surface area contributed by atoms with Crippen molar-refractivity contribution in [1.82, 2.24) is 14.6 Å². The first-order valence-electron chi connectivity index (χ1n) is 8.22. The second-order valence-electron chi connectivity index (χ2n) is 6.28. The highest BCUT2D eigenvalue weighted by atomic mass is 16.5. The maximum atomic E-state index is 12.1. The van der Waals surface area contributed by atoms with Crippen molar-refractivity contribution < 1.29 is 5.21 Å². The fourth-order valence-electron chi connectivity index (χ4n) is 2.84. The van der Waals surface area contributed by atoms with E-state index in [1.165, 1.54) is 6.07 Å². The minimum atomic E-state index is -0.506. The molecule has 1 aromatic carbocycles. The van der Waals surface area contributed by atoms with Crippen LogP contribution in [0.2, 0.25) is 0 Å². The highest BCUT2D eigenvalue weighted by Crippen LogP contribution is 2.26. The van der Waals surface area contributed by atoms with E-state index < -0.39 is 5.56 Å². The second-order valence-corrected chi connectivity index (χ2v) is 6.28. The van der Waals surface area contributed by atoms with Gasteiger partial charge in [-0.2, -0.15) is 0 Å². The van der Waals surface area contributed by atoms with Gasteiger partial charge in [-0.05, 0) is 44.8 Å². The number of aromatic nitrogens is 2. The van der Waals surface area contributed by atoms with E-state index in [0.29, 0.717) is 15.8 Å². The predicted molar refractivity (Wildman–Crippen MR) is 99.2 cm³/mol. The van der Waals surface area contributed by atoms with Crippen LogP contribution in [0.3, 0.4) is 0 Å². The average Bonchev–Trinajstić information content (AvgIpc) is 2.63. The van der Waals surface area contributed by atoms with Crippen molar-refractivity contribution in [2.45, 2.75) is 12.5 Å². The van der Waals surface area contributed by atoms with Crippen molar-refractivity contribution >= 4 is 16.7 Å². The Labute approximate surface area is 146 Å². The molecule has 6 nitrogen and oxygen atoms in total. The quantitative estimate of drug-likeness (QED) is 0.676. The van der Waals surface area contributed by atoms with Crippen molar-refractivity contribution in [3.8, 4) is 0 Å². The largest absolute Gasteiger partial charge is 0.423 e. The Balaban J connectivity index is 2.01. The molecule has 0 saturated carbocycles. The van der Waals surface area contributed by atoms with E-state index in [0.717, 1.165) is 18.5 Å². The van der Waals surface area contributed by atoms with Crippen molar-refractivity contribution in [2.75, 3.05) is 26.0 Å². The summed E-state index contributed by atoms with van der Waals surface area (Å²) in [5, 5.41) is 14.1. The van der Waals surface area contributed by atoms with E-state index in [1.54, 1.807) is 12.3 Å².